The van der Waals surface area contributed by atoms with Crippen molar-refractivity contribution in [3.63, 3.8) is 0 Å². The summed E-state index contributed by atoms with van der Waals surface area (Å²) in [5.74, 6) is 1.52. The summed E-state index contributed by atoms with van der Waals surface area (Å²) in [5.41, 5.74) is 1.47. The Morgan fingerprint density at radius 1 is 1.12 bits per heavy atom. The number of fused-ring (bicyclic) bond motifs is 1. The minimum atomic E-state index is -0.295. The summed E-state index contributed by atoms with van der Waals surface area (Å²) >= 11 is 1.62. The van der Waals surface area contributed by atoms with Crippen molar-refractivity contribution in [3.05, 3.63) is 59.5 Å². The molecule has 3 aromatic rings. The fraction of sp³-hybridized carbons (Fsp3) is 0.167. The summed E-state index contributed by atoms with van der Waals surface area (Å²) in [6, 6.07) is 13.0. The van der Waals surface area contributed by atoms with E-state index in [1.165, 1.54) is 0 Å². The monoisotopic (exact) mass is 369 g/mol. The lowest BCUT2D eigenvalue weighted by Crippen LogP contribution is -2.11. The second-order valence-corrected chi connectivity index (χ2v) is 6.43. The zero-order valence-corrected chi connectivity index (χ0v) is 14.7. The number of anilines is 1. The fourth-order valence-corrected chi connectivity index (χ4v) is 2.92. The number of carbonyl (C=O) groups is 1. The van der Waals surface area contributed by atoms with Gasteiger partial charge in [0.1, 0.15) is 0 Å². The van der Waals surface area contributed by atoms with Gasteiger partial charge < -0.3 is 13.9 Å². The summed E-state index contributed by atoms with van der Waals surface area (Å²) < 4.78 is 16.2. The summed E-state index contributed by atoms with van der Waals surface area (Å²) in [6.07, 6.45) is 2.41. The number of hydrogen-bond donors (Lipinski definition) is 1. The van der Waals surface area contributed by atoms with Crippen molar-refractivity contribution in [1.82, 2.24) is 10.2 Å². The number of ether oxygens (including phenoxy) is 2. The fourth-order valence-electron chi connectivity index (χ4n) is 2.51. The van der Waals surface area contributed by atoms with Crippen molar-refractivity contribution in [2.45, 2.75) is 11.3 Å². The molecule has 0 aliphatic carbocycles. The molecule has 1 N–H and O–H groups in total. The van der Waals surface area contributed by atoms with E-state index in [-0.39, 0.29) is 18.7 Å². The Morgan fingerprint density at radius 2 is 1.92 bits per heavy atom. The van der Waals surface area contributed by atoms with Gasteiger partial charge in [-0.3, -0.25) is 10.1 Å². The molecule has 0 saturated carbocycles. The SMILES string of the molecule is CSc1ccc(C(=O)Nc2nnc(Cc3ccc4c(c3)OCO4)o2)cc1. The van der Waals surface area contributed by atoms with Crippen LogP contribution in [0.1, 0.15) is 21.8 Å². The van der Waals surface area contributed by atoms with Crippen molar-refractivity contribution in [2.75, 3.05) is 18.4 Å². The van der Waals surface area contributed by atoms with Crippen LogP contribution >= 0.6 is 11.8 Å². The van der Waals surface area contributed by atoms with Crippen molar-refractivity contribution in [2.24, 2.45) is 0 Å². The second kappa shape index (κ2) is 7.09. The van der Waals surface area contributed by atoms with E-state index in [9.17, 15) is 4.79 Å². The zero-order valence-electron chi connectivity index (χ0n) is 13.9. The second-order valence-electron chi connectivity index (χ2n) is 5.55. The number of nitrogens with zero attached hydrogens (tertiary/aromatic N) is 2. The van der Waals surface area contributed by atoms with Gasteiger partial charge in [0.05, 0.1) is 6.42 Å². The van der Waals surface area contributed by atoms with E-state index in [2.05, 4.69) is 15.5 Å². The molecule has 7 nitrogen and oxygen atoms in total. The van der Waals surface area contributed by atoms with Crippen LogP contribution in [-0.4, -0.2) is 29.2 Å². The molecule has 0 bridgehead atoms. The van der Waals surface area contributed by atoms with E-state index in [0.717, 1.165) is 16.2 Å². The van der Waals surface area contributed by atoms with Crippen molar-refractivity contribution in [1.29, 1.82) is 0 Å². The topological polar surface area (TPSA) is 86.5 Å². The number of aromatic nitrogens is 2. The van der Waals surface area contributed by atoms with Crippen LogP contribution in [0.2, 0.25) is 0 Å². The highest BCUT2D eigenvalue weighted by atomic mass is 32.2. The van der Waals surface area contributed by atoms with Gasteiger partial charge in [-0.05, 0) is 48.2 Å². The van der Waals surface area contributed by atoms with Crippen LogP contribution in [0.25, 0.3) is 0 Å². The number of nitrogens with one attached hydrogen (secondary N) is 1. The Balaban J connectivity index is 1.41. The minimum absolute atomic E-state index is 0.0692. The first kappa shape index (κ1) is 16.5. The van der Waals surface area contributed by atoms with Gasteiger partial charge in [0.2, 0.25) is 12.7 Å². The van der Waals surface area contributed by atoms with Crippen molar-refractivity contribution in [3.8, 4) is 11.5 Å². The molecule has 8 heteroatoms. The Kier molecular flexibility index (Phi) is 4.49. The third-order valence-corrected chi connectivity index (χ3v) is 4.58. The maximum Gasteiger partial charge on any atom is 0.322 e. The maximum absolute atomic E-state index is 12.2. The predicted molar refractivity (Wildman–Crippen MR) is 95.8 cm³/mol. The normalized spacial score (nSPS) is 12.2. The summed E-state index contributed by atoms with van der Waals surface area (Å²) in [7, 11) is 0. The van der Waals surface area contributed by atoms with Crippen molar-refractivity contribution >= 4 is 23.7 Å². The third kappa shape index (κ3) is 3.50. The molecular weight excluding hydrogens is 354 g/mol. The number of carbonyl (C=O) groups excluding carboxylic acids is 1. The highest BCUT2D eigenvalue weighted by molar-refractivity contribution is 7.98. The van der Waals surface area contributed by atoms with Crippen LogP contribution in [-0.2, 0) is 6.42 Å². The molecule has 1 aromatic heterocycles. The molecule has 2 aromatic carbocycles. The van der Waals surface area contributed by atoms with E-state index in [0.29, 0.717) is 23.6 Å². The van der Waals surface area contributed by atoms with Gasteiger partial charge in [0, 0.05) is 10.5 Å². The molecule has 0 saturated heterocycles. The van der Waals surface area contributed by atoms with Crippen LogP contribution in [0.15, 0.2) is 51.8 Å². The molecule has 0 spiro atoms. The lowest BCUT2D eigenvalue weighted by Gasteiger charge is -2.02. The molecule has 0 fully saturated rings. The molecule has 0 atom stereocenters. The van der Waals surface area contributed by atoms with Gasteiger partial charge in [-0.15, -0.1) is 16.9 Å². The average molecular weight is 369 g/mol. The van der Waals surface area contributed by atoms with Gasteiger partial charge >= 0.3 is 6.01 Å². The third-order valence-electron chi connectivity index (χ3n) is 3.83. The number of amides is 1. The molecule has 0 unspecified atom stereocenters. The van der Waals surface area contributed by atoms with Gasteiger partial charge in [0.15, 0.2) is 11.5 Å². The standard InChI is InChI=1S/C18H15N3O4S/c1-26-13-5-3-12(4-6-13)17(22)19-18-21-20-16(25-18)9-11-2-7-14-15(8-11)24-10-23-14/h2-8H,9-10H2,1H3,(H,19,21,22). The molecule has 0 radical (unpaired) electrons. The van der Waals surface area contributed by atoms with Crippen LogP contribution in [0.5, 0.6) is 11.5 Å². The van der Waals surface area contributed by atoms with Gasteiger partial charge in [-0.1, -0.05) is 11.2 Å². The summed E-state index contributed by atoms with van der Waals surface area (Å²) in [6.45, 7) is 0.230. The first-order valence-electron chi connectivity index (χ1n) is 7.87. The number of hydrogen-bond acceptors (Lipinski definition) is 7. The minimum Gasteiger partial charge on any atom is -0.454 e. The Labute approximate surface area is 153 Å². The highest BCUT2D eigenvalue weighted by Gasteiger charge is 2.16. The Bertz CT molecular complexity index is 940. The van der Waals surface area contributed by atoms with E-state index < -0.39 is 0 Å². The van der Waals surface area contributed by atoms with Crippen LogP contribution < -0.4 is 14.8 Å². The zero-order chi connectivity index (χ0) is 17.9. The van der Waals surface area contributed by atoms with E-state index in [1.54, 1.807) is 23.9 Å². The highest BCUT2D eigenvalue weighted by Crippen LogP contribution is 2.33. The van der Waals surface area contributed by atoms with Gasteiger partial charge in [0.25, 0.3) is 5.91 Å². The summed E-state index contributed by atoms with van der Waals surface area (Å²) in [4.78, 5) is 13.3. The molecular formula is C18H15N3O4S. The quantitative estimate of drug-likeness (QED) is 0.690. The summed E-state index contributed by atoms with van der Waals surface area (Å²) in [5, 5.41) is 10.5. The number of benzene rings is 2. The lowest BCUT2D eigenvalue weighted by molar-refractivity contribution is 0.102. The molecule has 1 aliphatic rings. The molecule has 26 heavy (non-hydrogen) atoms. The molecule has 132 valence electrons. The number of thioether (sulfide) groups is 1. The molecule has 4 rings (SSSR count). The van der Waals surface area contributed by atoms with E-state index in [1.807, 2.05) is 36.6 Å². The van der Waals surface area contributed by atoms with Gasteiger partial charge in [-0.2, -0.15) is 0 Å². The maximum atomic E-state index is 12.2. The Morgan fingerprint density at radius 3 is 2.73 bits per heavy atom. The first-order valence-corrected chi connectivity index (χ1v) is 9.10. The lowest BCUT2D eigenvalue weighted by atomic mass is 10.1. The number of rotatable bonds is 5. The average Bonchev–Trinajstić information content (AvgIpc) is 3.30. The van der Waals surface area contributed by atoms with Crippen LogP contribution in [0, 0.1) is 0 Å². The van der Waals surface area contributed by atoms with Crippen LogP contribution in [0.4, 0.5) is 6.01 Å². The van der Waals surface area contributed by atoms with E-state index in [4.69, 9.17) is 13.9 Å². The van der Waals surface area contributed by atoms with Crippen molar-refractivity contribution < 1.29 is 18.7 Å². The van der Waals surface area contributed by atoms with Gasteiger partial charge in [-0.25, -0.2) is 0 Å². The first-order chi connectivity index (χ1) is 12.7. The van der Waals surface area contributed by atoms with Crippen LogP contribution in [0.3, 0.4) is 0 Å². The smallest absolute Gasteiger partial charge is 0.322 e. The Hall–Kier alpha value is -3.00. The largest absolute Gasteiger partial charge is 0.454 e. The molecule has 2 heterocycles. The molecule has 1 amide bonds. The predicted octanol–water partition coefficient (Wildman–Crippen LogP) is 3.36. The van der Waals surface area contributed by atoms with E-state index >= 15 is 0 Å². The molecule has 1 aliphatic heterocycles.